The van der Waals surface area contributed by atoms with Crippen molar-refractivity contribution in [2.45, 2.75) is 24.5 Å². The maximum absolute atomic E-state index is 13.3. The molecule has 5 nitrogen and oxygen atoms in total. The van der Waals surface area contributed by atoms with Gasteiger partial charge in [0, 0.05) is 0 Å². The molecule has 1 aliphatic heterocycles. The molecule has 128 valence electrons. The molecule has 4 rings (SSSR count). The summed E-state index contributed by atoms with van der Waals surface area (Å²) in [4.78, 5) is 26.4. The van der Waals surface area contributed by atoms with E-state index in [1.165, 1.54) is 18.2 Å². The highest BCUT2D eigenvalue weighted by Gasteiger charge is 2.55. The summed E-state index contributed by atoms with van der Waals surface area (Å²) >= 11 is 0. The van der Waals surface area contributed by atoms with Crippen LogP contribution in [-0.4, -0.2) is 28.5 Å². The molecule has 0 saturated carbocycles. The van der Waals surface area contributed by atoms with E-state index in [9.17, 15) is 19.1 Å². The van der Waals surface area contributed by atoms with Crippen molar-refractivity contribution in [3.05, 3.63) is 71.0 Å². The van der Waals surface area contributed by atoms with Crippen LogP contribution in [0.3, 0.4) is 0 Å². The van der Waals surface area contributed by atoms with Gasteiger partial charge in [0.2, 0.25) is 0 Å². The average Bonchev–Trinajstić information content (AvgIpc) is 3.09. The monoisotopic (exact) mass is 340 g/mol. The second-order valence-electron chi connectivity index (χ2n) is 6.48. The summed E-state index contributed by atoms with van der Waals surface area (Å²) in [6.07, 6.45) is 0.0728. The topological polar surface area (TPSA) is 69.6 Å². The zero-order chi connectivity index (χ0) is 17.6. The van der Waals surface area contributed by atoms with E-state index in [1.54, 1.807) is 6.07 Å². The summed E-state index contributed by atoms with van der Waals surface area (Å²) in [7, 11) is 0. The number of imide groups is 1. The van der Waals surface area contributed by atoms with Crippen LogP contribution in [0.15, 0.2) is 48.5 Å². The smallest absolute Gasteiger partial charge is 0.325 e. The molecule has 2 N–H and O–H groups in total. The lowest BCUT2D eigenvalue weighted by atomic mass is 9.92. The molecule has 0 aromatic heterocycles. The van der Waals surface area contributed by atoms with E-state index in [4.69, 9.17) is 0 Å². The van der Waals surface area contributed by atoms with Crippen LogP contribution in [0.1, 0.15) is 29.2 Å². The van der Waals surface area contributed by atoms with Crippen molar-refractivity contribution in [2.75, 3.05) is 6.54 Å². The fourth-order valence-corrected chi connectivity index (χ4v) is 3.75. The Morgan fingerprint density at radius 2 is 2.00 bits per heavy atom. The molecule has 1 aliphatic carbocycles. The summed E-state index contributed by atoms with van der Waals surface area (Å²) < 4.78 is 13.3. The molecule has 0 bridgehead atoms. The molecule has 1 fully saturated rings. The van der Waals surface area contributed by atoms with Crippen LogP contribution in [0.25, 0.3) is 0 Å². The number of hydrogen-bond acceptors (Lipinski definition) is 3. The Hall–Kier alpha value is -2.73. The van der Waals surface area contributed by atoms with Crippen LogP contribution in [0.2, 0.25) is 0 Å². The van der Waals surface area contributed by atoms with E-state index in [-0.39, 0.29) is 12.5 Å². The van der Waals surface area contributed by atoms with Crippen molar-refractivity contribution in [2.24, 2.45) is 0 Å². The van der Waals surface area contributed by atoms with E-state index in [0.717, 1.165) is 16.0 Å². The number of aliphatic hydroxyl groups is 1. The minimum atomic E-state index is -1.14. The second-order valence-corrected chi connectivity index (χ2v) is 6.48. The number of nitrogens with one attached hydrogen (secondary N) is 1. The SMILES string of the molecule is O=C1N[C@]2(CCc3ccccc32)C(=O)N1C[C@@H](O)c1cccc(F)c1. The minimum absolute atomic E-state index is 0.210. The fourth-order valence-electron chi connectivity index (χ4n) is 3.75. The van der Waals surface area contributed by atoms with E-state index in [2.05, 4.69) is 5.32 Å². The molecule has 2 aromatic carbocycles. The third kappa shape index (κ3) is 2.41. The number of urea groups is 1. The van der Waals surface area contributed by atoms with E-state index < -0.39 is 23.5 Å². The van der Waals surface area contributed by atoms with Gasteiger partial charge in [-0.3, -0.25) is 9.69 Å². The maximum atomic E-state index is 13.3. The molecule has 2 aliphatic rings. The molecule has 2 atom stereocenters. The van der Waals surface area contributed by atoms with Gasteiger partial charge in [0.05, 0.1) is 12.6 Å². The third-order valence-corrected chi connectivity index (χ3v) is 5.01. The number of carbonyl (C=O) groups is 2. The van der Waals surface area contributed by atoms with Crippen LogP contribution in [0, 0.1) is 5.82 Å². The molecule has 3 amide bonds. The van der Waals surface area contributed by atoms with Crippen molar-refractivity contribution < 1.29 is 19.1 Å². The van der Waals surface area contributed by atoms with Crippen LogP contribution < -0.4 is 5.32 Å². The Labute approximate surface area is 144 Å². The Balaban J connectivity index is 1.61. The Bertz CT molecular complexity index is 869. The highest BCUT2D eigenvalue weighted by Crippen LogP contribution is 2.41. The van der Waals surface area contributed by atoms with Crippen molar-refractivity contribution in [1.82, 2.24) is 10.2 Å². The minimum Gasteiger partial charge on any atom is -0.387 e. The lowest BCUT2D eigenvalue weighted by Gasteiger charge is -2.23. The molecule has 25 heavy (non-hydrogen) atoms. The molecule has 1 heterocycles. The highest BCUT2D eigenvalue weighted by molar-refractivity contribution is 6.08. The van der Waals surface area contributed by atoms with E-state index >= 15 is 0 Å². The maximum Gasteiger partial charge on any atom is 0.325 e. The highest BCUT2D eigenvalue weighted by atomic mass is 19.1. The number of β-amino-alcohol motifs (C(OH)–C–C–N with tert-alkyl or cyclic N) is 1. The Morgan fingerprint density at radius 3 is 2.80 bits per heavy atom. The first-order valence-electron chi connectivity index (χ1n) is 8.17. The first kappa shape index (κ1) is 15.8. The molecule has 1 saturated heterocycles. The number of halogens is 1. The number of benzene rings is 2. The van der Waals surface area contributed by atoms with Crippen molar-refractivity contribution in [3.8, 4) is 0 Å². The van der Waals surface area contributed by atoms with Gasteiger partial charge in [0.25, 0.3) is 5.91 Å². The number of aliphatic hydroxyl groups excluding tert-OH is 1. The molecule has 0 unspecified atom stereocenters. The standard InChI is InChI=1S/C19H17FN2O3/c20-14-6-3-5-13(10-14)16(23)11-22-17(24)19(21-18(22)25)9-8-12-4-1-2-7-15(12)19/h1-7,10,16,23H,8-9,11H2,(H,21,25)/t16-,19+/m1/s1. The quantitative estimate of drug-likeness (QED) is 0.842. The molecular formula is C19H17FN2O3. The van der Waals surface area contributed by atoms with Gasteiger partial charge in [-0.1, -0.05) is 36.4 Å². The van der Waals surface area contributed by atoms with Crippen LogP contribution in [0.4, 0.5) is 9.18 Å². The second kappa shape index (κ2) is 5.67. The van der Waals surface area contributed by atoms with Gasteiger partial charge in [-0.2, -0.15) is 0 Å². The summed E-state index contributed by atoms with van der Waals surface area (Å²) in [5.41, 5.74) is 1.14. The first-order valence-corrected chi connectivity index (χ1v) is 8.17. The number of fused-ring (bicyclic) bond motifs is 2. The van der Waals surface area contributed by atoms with Gasteiger partial charge in [-0.05, 0) is 41.7 Å². The average molecular weight is 340 g/mol. The molecular weight excluding hydrogens is 323 g/mol. The van der Waals surface area contributed by atoms with Crippen molar-refractivity contribution in [1.29, 1.82) is 0 Å². The Kier molecular flexibility index (Phi) is 3.58. The van der Waals surface area contributed by atoms with Crippen LogP contribution >= 0.6 is 0 Å². The third-order valence-electron chi connectivity index (χ3n) is 5.01. The summed E-state index contributed by atoms with van der Waals surface area (Å²) in [6, 6.07) is 12.5. The van der Waals surface area contributed by atoms with Crippen molar-refractivity contribution >= 4 is 11.9 Å². The van der Waals surface area contributed by atoms with E-state index in [0.29, 0.717) is 18.4 Å². The van der Waals surface area contributed by atoms with Gasteiger partial charge in [-0.15, -0.1) is 0 Å². The number of amides is 3. The fraction of sp³-hybridized carbons (Fsp3) is 0.263. The number of rotatable bonds is 3. The van der Waals surface area contributed by atoms with Crippen molar-refractivity contribution in [3.63, 3.8) is 0 Å². The molecule has 0 radical (unpaired) electrons. The summed E-state index contributed by atoms with van der Waals surface area (Å²) in [6.45, 7) is -0.210. The Morgan fingerprint density at radius 1 is 1.20 bits per heavy atom. The van der Waals surface area contributed by atoms with Crippen LogP contribution in [0.5, 0.6) is 0 Å². The van der Waals surface area contributed by atoms with E-state index in [1.807, 2.05) is 24.3 Å². The predicted octanol–water partition coefficient (Wildman–Crippen LogP) is 2.25. The van der Waals surface area contributed by atoms with Gasteiger partial charge in [0.1, 0.15) is 11.4 Å². The zero-order valence-electron chi connectivity index (χ0n) is 13.4. The van der Waals surface area contributed by atoms with Gasteiger partial charge >= 0.3 is 6.03 Å². The number of carbonyl (C=O) groups excluding carboxylic acids is 2. The first-order chi connectivity index (χ1) is 12.0. The lowest BCUT2D eigenvalue weighted by molar-refractivity contribution is -0.132. The van der Waals surface area contributed by atoms with Gasteiger partial charge in [0.15, 0.2) is 0 Å². The number of aryl methyl sites for hydroxylation is 1. The lowest BCUT2D eigenvalue weighted by Crippen LogP contribution is -2.42. The summed E-state index contributed by atoms with van der Waals surface area (Å²) in [5.74, 6) is -0.840. The van der Waals surface area contributed by atoms with Crippen LogP contribution in [-0.2, 0) is 16.8 Å². The molecule has 6 heteroatoms. The molecule has 1 spiro atoms. The van der Waals surface area contributed by atoms with Gasteiger partial charge in [-0.25, -0.2) is 9.18 Å². The molecule has 2 aromatic rings. The number of hydrogen-bond donors (Lipinski definition) is 2. The largest absolute Gasteiger partial charge is 0.387 e. The number of nitrogens with zero attached hydrogens (tertiary/aromatic N) is 1. The van der Waals surface area contributed by atoms with Gasteiger partial charge < -0.3 is 10.4 Å². The zero-order valence-corrected chi connectivity index (χ0v) is 13.4. The normalized spacial score (nSPS) is 23.0. The summed E-state index contributed by atoms with van der Waals surface area (Å²) in [5, 5.41) is 13.1. The predicted molar refractivity (Wildman–Crippen MR) is 88.0 cm³/mol.